The lowest BCUT2D eigenvalue weighted by Gasteiger charge is -2.37. The number of hydrogen-bond donors (Lipinski definition) is 6. The van der Waals surface area contributed by atoms with E-state index in [4.69, 9.17) is 16.2 Å². The number of ether oxygens (including phenoxy) is 1. The predicted octanol–water partition coefficient (Wildman–Crippen LogP) is 6.04. The Labute approximate surface area is 355 Å². The first-order valence-corrected chi connectivity index (χ1v) is 23.4. The van der Waals surface area contributed by atoms with E-state index >= 15 is 4.79 Å². The summed E-state index contributed by atoms with van der Waals surface area (Å²) in [4.78, 5) is 71.2. The highest BCUT2D eigenvalue weighted by Crippen LogP contribution is 2.60. The van der Waals surface area contributed by atoms with Crippen LogP contribution >= 0.6 is 0 Å². The van der Waals surface area contributed by atoms with Crippen molar-refractivity contribution >= 4 is 60.4 Å². The maximum atomic E-state index is 15.3. The molecule has 61 heavy (non-hydrogen) atoms. The van der Waals surface area contributed by atoms with Gasteiger partial charge in [0.05, 0.1) is 37.4 Å². The summed E-state index contributed by atoms with van der Waals surface area (Å²) in [6.07, 6.45) is -0.429. The Bertz CT molecular complexity index is 2490. The fourth-order valence-electron chi connectivity index (χ4n) is 9.40. The van der Waals surface area contributed by atoms with Crippen molar-refractivity contribution in [2.24, 2.45) is 5.92 Å². The molecule has 0 saturated carbocycles. The van der Waals surface area contributed by atoms with Crippen LogP contribution in [0.2, 0.25) is 18.6 Å². The van der Waals surface area contributed by atoms with E-state index in [9.17, 15) is 24.3 Å². The third kappa shape index (κ3) is 7.90. The molecular formula is C47H50N6O7Si. The van der Waals surface area contributed by atoms with E-state index in [1.165, 1.54) is 0 Å². The number of amides is 4. The Morgan fingerprint density at radius 2 is 1.39 bits per heavy atom. The lowest BCUT2D eigenvalue weighted by atomic mass is 9.82. The summed E-state index contributed by atoms with van der Waals surface area (Å²) in [6.45, 7) is 5.77. The summed E-state index contributed by atoms with van der Waals surface area (Å²) in [5.41, 5.74) is 16.4. The van der Waals surface area contributed by atoms with Gasteiger partial charge in [-0.2, -0.15) is 0 Å². The zero-order valence-corrected chi connectivity index (χ0v) is 35.3. The Morgan fingerprint density at radius 1 is 0.820 bits per heavy atom. The molecule has 1 fully saturated rings. The molecule has 0 unspecified atom stereocenters. The number of anilines is 5. The van der Waals surface area contributed by atoms with Crippen LogP contribution in [0.4, 0.5) is 28.4 Å². The molecule has 0 radical (unpaired) electrons. The van der Waals surface area contributed by atoms with Gasteiger partial charge in [-0.1, -0.05) is 43.3 Å². The first-order valence-electron chi connectivity index (χ1n) is 20.4. The number of aliphatic hydroxyl groups excluding tert-OH is 1. The topological polar surface area (TPSA) is 201 Å². The SMILES string of the molecule is C[C@@H]1[C@@H]([Si](C)(C)O)[C@H](CC(=O)N2Cc3ccccc3C[C@H]2CO)O[C@@]12C(=O)N(Cc1ccc(NC(=O)c3ccc(N)cc3)cc1)c1ccc(NC(=O)c3ccc(N)cc3)cc12. The predicted molar refractivity (Wildman–Crippen MR) is 237 cm³/mol. The van der Waals surface area contributed by atoms with E-state index in [0.717, 1.165) is 16.7 Å². The highest BCUT2D eigenvalue weighted by Gasteiger charge is 2.66. The van der Waals surface area contributed by atoms with Crippen LogP contribution in [-0.2, 0) is 39.4 Å². The number of aliphatic hydroxyl groups is 1. The number of carbonyl (C=O) groups is 4. The van der Waals surface area contributed by atoms with Gasteiger partial charge in [-0.25, -0.2) is 0 Å². The second-order valence-corrected chi connectivity index (χ2v) is 20.8. The molecule has 0 bridgehead atoms. The minimum absolute atomic E-state index is 0.105. The van der Waals surface area contributed by atoms with Gasteiger partial charge >= 0.3 is 0 Å². The number of nitrogen functional groups attached to an aromatic ring is 2. The maximum absolute atomic E-state index is 15.3. The molecule has 1 spiro atoms. The van der Waals surface area contributed by atoms with Gasteiger partial charge in [0.2, 0.25) is 5.91 Å². The highest BCUT2D eigenvalue weighted by molar-refractivity contribution is 6.71. The Kier molecular flexibility index (Phi) is 11.0. The normalized spacial score (nSPS) is 21.9. The van der Waals surface area contributed by atoms with Gasteiger partial charge in [-0.15, -0.1) is 0 Å². The average molecular weight is 839 g/mol. The van der Waals surface area contributed by atoms with Crippen LogP contribution in [0.15, 0.2) is 115 Å². The molecule has 14 heteroatoms. The molecule has 8 rings (SSSR count). The first kappa shape index (κ1) is 41.4. The van der Waals surface area contributed by atoms with Crippen molar-refractivity contribution < 1.29 is 33.8 Å². The molecule has 1 saturated heterocycles. The number of nitrogens with one attached hydrogen (secondary N) is 2. The van der Waals surface area contributed by atoms with Crippen LogP contribution in [-0.4, -0.2) is 65.5 Å². The van der Waals surface area contributed by atoms with Crippen LogP contribution in [0.3, 0.4) is 0 Å². The fourth-order valence-corrected chi connectivity index (χ4v) is 11.9. The summed E-state index contributed by atoms with van der Waals surface area (Å²) >= 11 is 0. The second kappa shape index (κ2) is 16.3. The largest absolute Gasteiger partial charge is 0.432 e. The number of hydrogen-bond acceptors (Lipinski definition) is 9. The van der Waals surface area contributed by atoms with E-state index in [1.54, 1.807) is 102 Å². The summed E-state index contributed by atoms with van der Waals surface area (Å²) in [7, 11) is -3.16. The molecule has 4 amide bonds. The number of carbonyl (C=O) groups excluding carboxylic acids is 4. The minimum atomic E-state index is -3.16. The summed E-state index contributed by atoms with van der Waals surface area (Å²) in [5.74, 6) is -1.83. The highest BCUT2D eigenvalue weighted by atomic mass is 28.4. The Morgan fingerprint density at radius 3 is 1.98 bits per heavy atom. The minimum Gasteiger partial charge on any atom is -0.432 e. The zero-order chi connectivity index (χ0) is 43.2. The van der Waals surface area contributed by atoms with Gasteiger partial charge in [-0.3, -0.25) is 19.2 Å². The standard InChI is InChI=1S/C47H50N6O7Si/c1-28-43(61(2,3)59)41(24-42(55)52-26-33-7-5-4-6-32(33)22-38(52)27-54)60-47(28)39-23-37(51-45(57)31-12-16-35(49)17-13-31)20-21-40(39)53(46(47)58)25-29-8-18-36(19-9-29)50-44(56)30-10-14-34(48)15-11-30/h4-21,23,28,38,41,43,54,59H,22,24-27,48-49H2,1-3H3,(H,50,56)(H,51,57)/t28-,38+,41+,43-,47+/m1/s1. The molecule has 3 aliphatic heterocycles. The van der Waals surface area contributed by atoms with Crippen molar-refractivity contribution in [1.29, 1.82) is 0 Å². The number of benzene rings is 5. The van der Waals surface area contributed by atoms with Crippen LogP contribution in [0.5, 0.6) is 0 Å². The third-order valence-electron chi connectivity index (χ3n) is 12.4. The van der Waals surface area contributed by atoms with Crippen LogP contribution in [0.25, 0.3) is 0 Å². The lowest BCUT2D eigenvalue weighted by Crippen LogP contribution is -2.48. The van der Waals surface area contributed by atoms with Gasteiger partial charge in [0, 0.05) is 57.4 Å². The molecular weight excluding hydrogens is 789 g/mol. The van der Waals surface area contributed by atoms with Crippen molar-refractivity contribution in [3.63, 3.8) is 0 Å². The van der Waals surface area contributed by atoms with Gasteiger partial charge in [0.15, 0.2) is 13.9 Å². The number of nitrogens with two attached hydrogens (primary N) is 2. The molecule has 5 atom stereocenters. The van der Waals surface area contributed by atoms with Crippen molar-refractivity contribution in [3.05, 3.63) is 149 Å². The summed E-state index contributed by atoms with van der Waals surface area (Å²) in [5, 5.41) is 16.3. The fraction of sp³-hybridized carbons (Fsp3) is 0.277. The molecule has 13 nitrogen and oxygen atoms in total. The van der Waals surface area contributed by atoms with Crippen LogP contribution in [0.1, 0.15) is 56.3 Å². The van der Waals surface area contributed by atoms with Crippen molar-refractivity contribution in [2.75, 3.05) is 33.6 Å². The second-order valence-electron chi connectivity index (χ2n) is 16.9. The van der Waals surface area contributed by atoms with Crippen molar-refractivity contribution in [2.45, 2.75) is 69.2 Å². The molecule has 5 aromatic carbocycles. The van der Waals surface area contributed by atoms with Crippen LogP contribution < -0.4 is 27.0 Å². The quantitative estimate of drug-likeness (QED) is 0.0717. The van der Waals surface area contributed by atoms with E-state index in [1.807, 2.05) is 43.3 Å². The Hall–Kier alpha value is -6.32. The summed E-state index contributed by atoms with van der Waals surface area (Å²) in [6, 6.07) is 33.1. The average Bonchev–Trinajstić information content (AvgIpc) is 3.66. The third-order valence-corrected chi connectivity index (χ3v) is 14.9. The zero-order valence-electron chi connectivity index (χ0n) is 34.3. The smallest absolute Gasteiger partial charge is 0.264 e. The number of fused-ring (bicyclic) bond motifs is 3. The lowest BCUT2D eigenvalue weighted by molar-refractivity contribution is -0.151. The Balaban J connectivity index is 1.12. The van der Waals surface area contributed by atoms with E-state index in [0.29, 0.717) is 58.1 Å². The van der Waals surface area contributed by atoms with E-state index in [2.05, 4.69) is 10.6 Å². The van der Waals surface area contributed by atoms with Gasteiger partial charge in [0.1, 0.15) is 0 Å². The summed E-state index contributed by atoms with van der Waals surface area (Å²) < 4.78 is 7.03. The van der Waals surface area contributed by atoms with Crippen molar-refractivity contribution in [1.82, 2.24) is 4.90 Å². The molecule has 5 aromatic rings. The number of nitrogens with zero attached hydrogens (tertiary/aromatic N) is 2. The van der Waals surface area contributed by atoms with Gasteiger partial charge < -0.3 is 46.5 Å². The molecule has 8 N–H and O–H groups in total. The molecule has 0 aliphatic carbocycles. The first-order chi connectivity index (χ1) is 29.2. The maximum Gasteiger partial charge on any atom is 0.264 e. The van der Waals surface area contributed by atoms with Crippen molar-refractivity contribution in [3.8, 4) is 0 Å². The molecule has 314 valence electrons. The van der Waals surface area contributed by atoms with Gasteiger partial charge in [-0.05, 0) is 115 Å². The monoisotopic (exact) mass is 838 g/mol. The van der Waals surface area contributed by atoms with Gasteiger partial charge in [0.25, 0.3) is 17.7 Å². The van der Waals surface area contributed by atoms with E-state index < -0.39 is 37.5 Å². The van der Waals surface area contributed by atoms with E-state index in [-0.39, 0.29) is 43.2 Å². The molecule has 3 aliphatic rings. The molecule has 3 heterocycles. The van der Waals surface area contributed by atoms with Crippen LogP contribution in [0, 0.1) is 5.92 Å². The molecule has 0 aromatic heterocycles. The number of rotatable bonds is 10.